The minimum Gasteiger partial charge on any atom is -0.393 e. The predicted molar refractivity (Wildman–Crippen MR) is 105 cm³/mol. The van der Waals surface area contributed by atoms with Crippen LogP contribution in [0.1, 0.15) is 103 Å². The van der Waals surface area contributed by atoms with Crippen molar-refractivity contribution in [2.75, 3.05) is 0 Å². The van der Waals surface area contributed by atoms with Crippen LogP contribution in [0.25, 0.3) is 0 Å². The molecule has 3 aliphatic rings. The lowest BCUT2D eigenvalue weighted by Crippen LogP contribution is -2.58. The van der Waals surface area contributed by atoms with Crippen LogP contribution in [-0.4, -0.2) is 28.2 Å². The number of ketones is 1. The Morgan fingerprint density at radius 3 is 2.58 bits per heavy atom. The maximum atomic E-state index is 12.6. The normalized spacial score (nSPS) is 36.4. The fourth-order valence-electron chi connectivity index (χ4n) is 6.28. The van der Waals surface area contributed by atoms with Crippen molar-refractivity contribution in [3.05, 3.63) is 0 Å². The number of fused-ring (bicyclic) bond motifs is 1. The fourth-order valence-corrected chi connectivity index (χ4v) is 6.28. The number of unbranched alkanes of at least 4 members (excludes halogenated alkanes) is 3. The van der Waals surface area contributed by atoms with Crippen LogP contribution >= 0.6 is 0 Å². The highest BCUT2D eigenvalue weighted by molar-refractivity contribution is 5.91. The van der Waals surface area contributed by atoms with Gasteiger partial charge in [0.2, 0.25) is 0 Å². The largest absolute Gasteiger partial charge is 0.393 e. The summed E-state index contributed by atoms with van der Waals surface area (Å²) < 4.78 is 0. The van der Waals surface area contributed by atoms with Gasteiger partial charge in [-0.25, -0.2) is 0 Å². The number of aliphatic hydroxyl groups is 2. The first kappa shape index (κ1) is 20.3. The van der Waals surface area contributed by atoms with Crippen LogP contribution in [0.2, 0.25) is 0 Å². The molecule has 3 heteroatoms. The standard InChI is InChI=1S/C23H40O3/c1-2-3-4-8-14-23-15-13-21(25)18(19(23)16-22(23)26)11-12-20(24)17-9-6-5-7-10-17/h17-21,24-25H,2-16H2,1H3/t18-,19-,20-,21-,23+/m0/s1. The summed E-state index contributed by atoms with van der Waals surface area (Å²) in [7, 11) is 0. The lowest BCUT2D eigenvalue weighted by atomic mass is 9.47. The summed E-state index contributed by atoms with van der Waals surface area (Å²) in [5, 5.41) is 21.3. The third-order valence-corrected chi connectivity index (χ3v) is 8.03. The molecule has 3 fully saturated rings. The molecule has 0 unspecified atom stereocenters. The van der Waals surface area contributed by atoms with Crippen LogP contribution in [0.4, 0.5) is 0 Å². The van der Waals surface area contributed by atoms with E-state index in [1.807, 2.05) is 0 Å². The Labute approximate surface area is 160 Å². The highest BCUT2D eigenvalue weighted by atomic mass is 16.3. The lowest BCUT2D eigenvalue weighted by Gasteiger charge is -2.56. The Morgan fingerprint density at radius 1 is 1.12 bits per heavy atom. The molecule has 26 heavy (non-hydrogen) atoms. The molecule has 3 rings (SSSR count). The van der Waals surface area contributed by atoms with Crippen molar-refractivity contribution in [1.29, 1.82) is 0 Å². The second-order valence-corrected chi connectivity index (χ2v) is 9.51. The van der Waals surface area contributed by atoms with Gasteiger partial charge in [-0.1, -0.05) is 51.9 Å². The highest BCUT2D eigenvalue weighted by Crippen LogP contribution is 2.59. The predicted octanol–water partition coefficient (Wildman–Crippen LogP) is 5.02. The average molecular weight is 365 g/mol. The Balaban J connectivity index is 1.55. The molecule has 0 spiro atoms. The van der Waals surface area contributed by atoms with E-state index in [1.165, 1.54) is 38.5 Å². The van der Waals surface area contributed by atoms with Gasteiger partial charge in [-0.05, 0) is 62.7 Å². The summed E-state index contributed by atoms with van der Waals surface area (Å²) in [6.07, 6.45) is 15.6. The van der Waals surface area contributed by atoms with Gasteiger partial charge in [0.1, 0.15) is 5.78 Å². The van der Waals surface area contributed by atoms with Crippen LogP contribution in [0, 0.1) is 23.2 Å². The molecule has 0 saturated heterocycles. The molecule has 0 radical (unpaired) electrons. The van der Waals surface area contributed by atoms with Crippen LogP contribution in [0.3, 0.4) is 0 Å². The van der Waals surface area contributed by atoms with E-state index in [9.17, 15) is 15.0 Å². The first-order valence-electron chi connectivity index (χ1n) is 11.5. The van der Waals surface area contributed by atoms with E-state index in [1.54, 1.807) is 0 Å². The number of hydrogen-bond donors (Lipinski definition) is 2. The number of aliphatic hydroxyl groups excluding tert-OH is 2. The molecule has 0 heterocycles. The Kier molecular flexibility index (Phi) is 7.18. The van der Waals surface area contributed by atoms with Crippen molar-refractivity contribution in [2.24, 2.45) is 23.2 Å². The van der Waals surface area contributed by atoms with Crippen LogP contribution in [0.5, 0.6) is 0 Å². The van der Waals surface area contributed by atoms with Crippen molar-refractivity contribution in [3.8, 4) is 0 Å². The van der Waals surface area contributed by atoms with Gasteiger partial charge in [-0.15, -0.1) is 0 Å². The SMILES string of the molecule is CCCCCC[C@@]12CC[C@H](O)[C@@H](CC[C@H](O)C3CCCCC3)[C@@H]1CC2=O. The van der Waals surface area contributed by atoms with Crippen molar-refractivity contribution < 1.29 is 15.0 Å². The zero-order valence-corrected chi connectivity index (χ0v) is 16.8. The highest BCUT2D eigenvalue weighted by Gasteiger charge is 2.59. The van der Waals surface area contributed by atoms with Gasteiger partial charge in [0.25, 0.3) is 0 Å². The molecule has 0 bridgehead atoms. The molecule has 2 N–H and O–H groups in total. The zero-order valence-electron chi connectivity index (χ0n) is 16.8. The van der Waals surface area contributed by atoms with Crippen LogP contribution in [0.15, 0.2) is 0 Å². The summed E-state index contributed by atoms with van der Waals surface area (Å²) in [4.78, 5) is 12.6. The van der Waals surface area contributed by atoms with Crippen LogP contribution in [-0.2, 0) is 4.79 Å². The van der Waals surface area contributed by atoms with E-state index in [-0.39, 0.29) is 23.5 Å². The number of Topliss-reactive ketones (excluding diaryl/α,β-unsaturated/α-hetero) is 1. The molecule has 3 saturated carbocycles. The fraction of sp³-hybridized carbons (Fsp3) is 0.957. The van der Waals surface area contributed by atoms with E-state index in [0.717, 1.165) is 51.4 Å². The molecule has 0 aromatic rings. The number of hydrogen-bond acceptors (Lipinski definition) is 3. The van der Waals surface area contributed by atoms with E-state index in [2.05, 4.69) is 6.92 Å². The van der Waals surface area contributed by atoms with Gasteiger partial charge < -0.3 is 10.2 Å². The lowest BCUT2D eigenvalue weighted by molar-refractivity contribution is -0.166. The van der Waals surface area contributed by atoms with Gasteiger partial charge in [0, 0.05) is 11.8 Å². The molecule has 3 aliphatic carbocycles. The van der Waals surface area contributed by atoms with Gasteiger partial charge in [-0.2, -0.15) is 0 Å². The maximum absolute atomic E-state index is 12.6. The topological polar surface area (TPSA) is 57.5 Å². The quantitative estimate of drug-likeness (QED) is 0.565. The smallest absolute Gasteiger partial charge is 0.139 e. The minimum absolute atomic E-state index is 0.118. The third-order valence-electron chi connectivity index (χ3n) is 8.03. The van der Waals surface area contributed by atoms with E-state index < -0.39 is 0 Å². The minimum atomic E-state index is -0.268. The molecule has 0 aliphatic heterocycles. The molecule has 3 nitrogen and oxygen atoms in total. The Hall–Kier alpha value is -0.410. The molecule has 5 atom stereocenters. The molecule has 0 aromatic carbocycles. The summed E-state index contributed by atoms with van der Waals surface area (Å²) in [6, 6.07) is 0. The van der Waals surface area contributed by atoms with Crippen molar-refractivity contribution in [1.82, 2.24) is 0 Å². The number of rotatable bonds is 9. The van der Waals surface area contributed by atoms with E-state index in [0.29, 0.717) is 24.0 Å². The third kappa shape index (κ3) is 4.19. The van der Waals surface area contributed by atoms with E-state index in [4.69, 9.17) is 0 Å². The maximum Gasteiger partial charge on any atom is 0.139 e. The summed E-state index contributed by atoms with van der Waals surface area (Å²) in [5.41, 5.74) is -0.118. The first-order valence-corrected chi connectivity index (χ1v) is 11.5. The summed E-state index contributed by atoms with van der Waals surface area (Å²) in [5.74, 6) is 1.53. The molecule has 0 amide bonds. The monoisotopic (exact) mass is 364 g/mol. The van der Waals surface area contributed by atoms with Crippen LogP contribution < -0.4 is 0 Å². The first-order chi connectivity index (χ1) is 12.6. The summed E-state index contributed by atoms with van der Waals surface area (Å²) in [6.45, 7) is 2.22. The zero-order chi connectivity index (χ0) is 18.6. The van der Waals surface area contributed by atoms with Gasteiger partial charge in [0.05, 0.1) is 12.2 Å². The van der Waals surface area contributed by atoms with Gasteiger partial charge >= 0.3 is 0 Å². The second kappa shape index (κ2) is 9.19. The summed E-state index contributed by atoms with van der Waals surface area (Å²) >= 11 is 0. The molecule has 0 aromatic heterocycles. The van der Waals surface area contributed by atoms with Crippen molar-refractivity contribution in [3.63, 3.8) is 0 Å². The second-order valence-electron chi connectivity index (χ2n) is 9.51. The van der Waals surface area contributed by atoms with Gasteiger partial charge in [-0.3, -0.25) is 4.79 Å². The average Bonchev–Trinajstić information content (AvgIpc) is 2.66. The Morgan fingerprint density at radius 2 is 1.88 bits per heavy atom. The molecule has 150 valence electrons. The van der Waals surface area contributed by atoms with Crippen molar-refractivity contribution >= 4 is 5.78 Å². The number of carbonyl (C=O) groups excluding carboxylic acids is 1. The Bertz CT molecular complexity index is 456. The number of carbonyl (C=O) groups is 1. The van der Waals surface area contributed by atoms with Gasteiger partial charge in [0.15, 0.2) is 0 Å². The molecular formula is C23H40O3. The molecular weight excluding hydrogens is 324 g/mol. The van der Waals surface area contributed by atoms with Crippen molar-refractivity contribution in [2.45, 2.75) is 115 Å². The van der Waals surface area contributed by atoms with E-state index >= 15 is 0 Å².